The second-order valence-corrected chi connectivity index (χ2v) is 6.64. The Labute approximate surface area is 148 Å². The van der Waals surface area contributed by atoms with Gasteiger partial charge in [-0.15, -0.1) is 0 Å². The quantitative estimate of drug-likeness (QED) is 0.757. The van der Waals surface area contributed by atoms with Crippen molar-refractivity contribution in [3.05, 3.63) is 57.3 Å². The largest absolute Gasteiger partial charge is 0.493 e. The van der Waals surface area contributed by atoms with Gasteiger partial charge in [0.05, 0.1) is 21.9 Å². The number of aromatic hydroxyl groups is 1. The monoisotopic (exact) mass is 363 g/mol. The normalized spacial score (nSPS) is 17.7. The molecule has 1 N–H and O–H groups in total. The van der Waals surface area contributed by atoms with E-state index in [1.165, 1.54) is 4.52 Å². The van der Waals surface area contributed by atoms with E-state index >= 15 is 0 Å². The molecule has 5 nitrogen and oxygen atoms in total. The van der Waals surface area contributed by atoms with Gasteiger partial charge in [0, 0.05) is 24.7 Å². The van der Waals surface area contributed by atoms with E-state index in [4.69, 9.17) is 27.9 Å². The number of hydrogen-bond donors (Lipinski definition) is 1. The Morgan fingerprint density at radius 1 is 1.25 bits per heavy atom. The van der Waals surface area contributed by atoms with Gasteiger partial charge in [0.15, 0.2) is 5.65 Å². The second-order valence-electron chi connectivity index (χ2n) is 5.83. The summed E-state index contributed by atoms with van der Waals surface area (Å²) in [6, 6.07) is 7.21. The van der Waals surface area contributed by atoms with Crippen molar-refractivity contribution in [1.82, 2.24) is 14.6 Å². The summed E-state index contributed by atoms with van der Waals surface area (Å²) in [5.74, 6) is 0.0848. The average molecular weight is 364 g/mol. The fourth-order valence-corrected chi connectivity index (χ4v) is 3.38. The highest BCUT2D eigenvalue weighted by atomic mass is 35.5. The zero-order valence-electron chi connectivity index (χ0n) is 12.7. The van der Waals surface area contributed by atoms with Crippen LogP contribution in [0.3, 0.4) is 0 Å². The molecule has 0 radical (unpaired) electrons. The molecule has 2 aromatic heterocycles. The van der Waals surface area contributed by atoms with Crippen LogP contribution in [0, 0.1) is 0 Å². The van der Waals surface area contributed by atoms with Crippen LogP contribution in [0.1, 0.15) is 35.8 Å². The Morgan fingerprint density at radius 2 is 2.12 bits per heavy atom. The van der Waals surface area contributed by atoms with Crippen molar-refractivity contribution >= 4 is 28.8 Å². The predicted octanol–water partition coefficient (Wildman–Crippen LogP) is 4.18. The molecule has 3 aromatic rings. The van der Waals surface area contributed by atoms with Gasteiger partial charge < -0.3 is 9.84 Å². The lowest BCUT2D eigenvalue weighted by Gasteiger charge is -2.16. The number of fused-ring (bicyclic) bond motifs is 1. The summed E-state index contributed by atoms with van der Waals surface area (Å²) < 4.78 is 7.23. The highest BCUT2D eigenvalue weighted by Gasteiger charge is 2.26. The Morgan fingerprint density at radius 3 is 2.88 bits per heavy atom. The summed E-state index contributed by atoms with van der Waals surface area (Å²) in [7, 11) is 0. The second kappa shape index (κ2) is 6.24. The maximum Gasteiger partial charge on any atom is 0.219 e. The molecule has 0 spiro atoms. The lowest BCUT2D eigenvalue weighted by atomic mass is 10.0. The summed E-state index contributed by atoms with van der Waals surface area (Å²) in [6.45, 7) is 0.712. The number of ether oxygens (including phenoxy) is 1. The van der Waals surface area contributed by atoms with Crippen molar-refractivity contribution in [2.24, 2.45) is 0 Å². The summed E-state index contributed by atoms with van der Waals surface area (Å²) in [4.78, 5) is 4.67. The Kier molecular flexibility index (Phi) is 4.08. The molecular formula is C17H15Cl2N3O2. The molecule has 0 saturated carbocycles. The minimum Gasteiger partial charge on any atom is -0.493 e. The van der Waals surface area contributed by atoms with E-state index in [0.29, 0.717) is 34.3 Å². The fraction of sp³-hybridized carbons (Fsp3) is 0.294. The first kappa shape index (κ1) is 15.7. The number of hydrogen-bond acceptors (Lipinski definition) is 4. The molecule has 7 heteroatoms. The maximum atomic E-state index is 10.7. The third kappa shape index (κ3) is 2.73. The third-order valence-electron chi connectivity index (χ3n) is 4.24. The standard InChI is InChI=1S/C17H15Cl2N3O2/c18-12-4-3-10(9-13(12)19)8-11-16(14-2-1-7-24-14)21-15-5-6-20-22(15)17(11)23/h3-6,9,14,23H,1-2,7-8H2. The summed E-state index contributed by atoms with van der Waals surface area (Å²) >= 11 is 12.1. The van der Waals surface area contributed by atoms with Crippen LogP contribution >= 0.6 is 23.2 Å². The molecule has 1 aliphatic heterocycles. The van der Waals surface area contributed by atoms with Gasteiger partial charge in [-0.05, 0) is 30.5 Å². The number of rotatable bonds is 3. The van der Waals surface area contributed by atoms with Crippen LogP contribution in [0.5, 0.6) is 5.88 Å². The molecule has 1 saturated heterocycles. The first-order valence-electron chi connectivity index (χ1n) is 7.74. The molecule has 0 amide bonds. The van der Waals surface area contributed by atoms with E-state index in [2.05, 4.69) is 10.1 Å². The molecular weight excluding hydrogens is 349 g/mol. The van der Waals surface area contributed by atoms with Gasteiger partial charge in [-0.2, -0.15) is 9.61 Å². The van der Waals surface area contributed by atoms with Gasteiger partial charge in [-0.25, -0.2) is 4.98 Å². The van der Waals surface area contributed by atoms with Crippen LogP contribution in [0.4, 0.5) is 0 Å². The summed E-state index contributed by atoms with van der Waals surface area (Å²) in [6.07, 6.45) is 3.87. The third-order valence-corrected chi connectivity index (χ3v) is 4.98. The zero-order chi connectivity index (χ0) is 16.7. The molecule has 1 aliphatic rings. The van der Waals surface area contributed by atoms with Gasteiger partial charge >= 0.3 is 0 Å². The number of nitrogens with zero attached hydrogens (tertiary/aromatic N) is 3. The number of halogens is 2. The smallest absolute Gasteiger partial charge is 0.219 e. The van der Waals surface area contributed by atoms with E-state index < -0.39 is 0 Å². The first-order chi connectivity index (χ1) is 11.6. The van der Waals surface area contributed by atoms with Crippen molar-refractivity contribution in [1.29, 1.82) is 0 Å². The topological polar surface area (TPSA) is 59.7 Å². The summed E-state index contributed by atoms with van der Waals surface area (Å²) in [5, 5.41) is 15.8. The lowest BCUT2D eigenvalue weighted by Crippen LogP contribution is -2.09. The highest BCUT2D eigenvalue weighted by Crippen LogP contribution is 2.35. The van der Waals surface area contributed by atoms with E-state index in [9.17, 15) is 5.11 Å². The van der Waals surface area contributed by atoms with Gasteiger partial charge in [-0.3, -0.25) is 0 Å². The van der Waals surface area contributed by atoms with E-state index in [0.717, 1.165) is 24.1 Å². The molecule has 1 aromatic carbocycles. The van der Waals surface area contributed by atoms with Crippen molar-refractivity contribution < 1.29 is 9.84 Å². The Balaban J connectivity index is 1.83. The van der Waals surface area contributed by atoms with E-state index in [-0.39, 0.29) is 12.0 Å². The van der Waals surface area contributed by atoms with E-state index in [1.54, 1.807) is 24.4 Å². The molecule has 1 atom stereocenters. The lowest BCUT2D eigenvalue weighted by molar-refractivity contribution is 0.107. The van der Waals surface area contributed by atoms with Gasteiger partial charge in [0.1, 0.15) is 6.10 Å². The van der Waals surface area contributed by atoms with Gasteiger partial charge in [-0.1, -0.05) is 29.3 Å². The van der Waals surface area contributed by atoms with Crippen LogP contribution < -0.4 is 0 Å². The minimum atomic E-state index is -0.103. The van der Waals surface area contributed by atoms with Crippen LogP contribution in [0.15, 0.2) is 30.5 Å². The number of benzene rings is 1. The van der Waals surface area contributed by atoms with Crippen LogP contribution in [-0.4, -0.2) is 26.3 Å². The summed E-state index contributed by atoms with van der Waals surface area (Å²) in [5.41, 5.74) is 3.02. The Bertz CT molecular complexity index is 904. The molecule has 1 unspecified atom stereocenters. The van der Waals surface area contributed by atoms with E-state index in [1.807, 2.05) is 6.07 Å². The van der Waals surface area contributed by atoms with Crippen LogP contribution in [-0.2, 0) is 11.2 Å². The highest BCUT2D eigenvalue weighted by molar-refractivity contribution is 6.42. The minimum absolute atomic E-state index is 0.0848. The molecule has 1 fully saturated rings. The average Bonchev–Trinajstić information content (AvgIpc) is 3.24. The van der Waals surface area contributed by atoms with Gasteiger partial charge in [0.25, 0.3) is 0 Å². The maximum absolute atomic E-state index is 10.7. The van der Waals surface area contributed by atoms with Gasteiger partial charge in [0.2, 0.25) is 5.88 Å². The molecule has 0 aliphatic carbocycles. The van der Waals surface area contributed by atoms with Crippen molar-refractivity contribution in [3.8, 4) is 5.88 Å². The molecule has 24 heavy (non-hydrogen) atoms. The SMILES string of the molecule is Oc1c(Cc2ccc(Cl)c(Cl)c2)c(C2CCCO2)nc2ccnn12. The predicted molar refractivity (Wildman–Crippen MR) is 91.8 cm³/mol. The molecule has 3 heterocycles. The van der Waals surface area contributed by atoms with Crippen molar-refractivity contribution in [2.75, 3.05) is 6.61 Å². The molecule has 4 rings (SSSR count). The fourth-order valence-electron chi connectivity index (χ4n) is 3.06. The van der Waals surface area contributed by atoms with Crippen LogP contribution in [0.2, 0.25) is 10.0 Å². The van der Waals surface area contributed by atoms with Crippen molar-refractivity contribution in [2.45, 2.75) is 25.4 Å². The Hall–Kier alpha value is -1.82. The zero-order valence-corrected chi connectivity index (χ0v) is 14.3. The molecule has 124 valence electrons. The van der Waals surface area contributed by atoms with Crippen LogP contribution in [0.25, 0.3) is 5.65 Å². The first-order valence-corrected chi connectivity index (χ1v) is 8.50. The molecule has 0 bridgehead atoms. The van der Waals surface area contributed by atoms with Crippen molar-refractivity contribution in [3.63, 3.8) is 0 Å². The number of aromatic nitrogens is 3.